The monoisotopic (exact) mass is 329 g/mol. The first-order chi connectivity index (χ1) is 9.15. The largest absolute Gasteiger partial charge is 0.493 e. The normalized spacial score (nSPS) is 22.5. The van der Waals surface area contributed by atoms with Gasteiger partial charge in [0.2, 0.25) is 0 Å². The van der Waals surface area contributed by atoms with Crippen LogP contribution in [0.5, 0.6) is 11.5 Å². The molecule has 1 heterocycles. The van der Waals surface area contributed by atoms with Crippen LogP contribution in [-0.4, -0.2) is 33.0 Å². The average molecular weight is 330 g/mol. The molecule has 1 aromatic carbocycles. The van der Waals surface area contributed by atoms with Gasteiger partial charge in [0.05, 0.1) is 20.3 Å². The Balaban J connectivity index is 2.07. The number of nitrogens with one attached hydrogen (secondary N) is 1. The summed E-state index contributed by atoms with van der Waals surface area (Å²) in [5.74, 6) is 1.48. The van der Waals surface area contributed by atoms with Gasteiger partial charge < -0.3 is 19.5 Å². The number of halogens is 1. The summed E-state index contributed by atoms with van der Waals surface area (Å²) in [5, 5.41) is 3.53. The first-order valence-electron chi connectivity index (χ1n) is 6.41. The van der Waals surface area contributed by atoms with Crippen molar-refractivity contribution in [2.45, 2.75) is 32.0 Å². The predicted octanol–water partition coefficient (Wildman–Crippen LogP) is 2.73. The lowest BCUT2D eigenvalue weighted by molar-refractivity contribution is 0.113. The summed E-state index contributed by atoms with van der Waals surface area (Å²) in [6.45, 7) is 3.72. The number of rotatable bonds is 5. The fourth-order valence-electron chi connectivity index (χ4n) is 2.27. The summed E-state index contributed by atoms with van der Waals surface area (Å²) in [5.41, 5.74) is 1.15. The van der Waals surface area contributed by atoms with Gasteiger partial charge in [0, 0.05) is 23.7 Å². The van der Waals surface area contributed by atoms with E-state index in [2.05, 4.69) is 28.2 Å². The fraction of sp³-hybridized carbons (Fsp3) is 0.571. The van der Waals surface area contributed by atoms with E-state index in [0.29, 0.717) is 6.04 Å². The zero-order valence-corrected chi connectivity index (χ0v) is 13.1. The van der Waals surface area contributed by atoms with Crippen molar-refractivity contribution in [3.05, 3.63) is 22.2 Å². The van der Waals surface area contributed by atoms with Crippen molar-refractivity contribution in [3.8, 4) is 11.5 Å². The van der Waals surface area contributed by atoms with Gasteiger partial charge in [-0.3, -0.25) is 0 Å². The number of ether oxygens (including phenoxy) is 3. The fourth-order valence-corrected chi connectivity index (χ4v) is 2.74. The molecular weight excluding hydrogens is 310 g/mol. The summed E-state index contributed by atoms with van der Waals surface area (Å²) in [6.07, 6.45) is 1.34. The zero-order chi connectivity index (χ0) is 13.8. The van der Waals surface area contributed by atoms with E-state index in [-0.39, 0.29) is 6.10 Å². The molecule has 1 fully saturated rings. The van der Waals surface area contributed by atoms with Crippen molar-refractivity contribution in [3.63, 3.8) is 0 Å². The smallest absolute Gasteiger partial charge is 0.161 e. The van der Waals surface area contributed by atoms with Crippen molar-refractivity contribution in [1.82, 2.24) is 5.32 Å². The molecule has 0 spiro atoms. The number of hydrogen-bond donors (Lipinski definition) is 1. The SMILES string of the molecule is COc1cc(Br)c(CN[C@@H]2CCO[C@@H]2C)cc1OC. The molecule has 1 aromatic rings. The Morgan fingerprint density at radius 1 is 1.32 bits per heavy atom. The number of benzene rings is 1. The van der Waals surface area contributed by atoms with E-state index in [1.54, 1.807) is 14.2 Å². The van der Waals surface area contributed by atoms with Crippen LogP contribution in [0.2, 0.25) is 0 Å². The van der Waals surface area contributed by atoms with Crippen LogP contribution in [0.4, 0.5) is 0 Å². The second-order valence-corrected chi connectivity index (χ2v) is 5.50. The van der Waals surface area contributed by atoms with Gasteiger partial charge in [0.25, 0.3) is 0 Å². The van der Waals surface area contributed by atoms with Crippen molar-refractivity contribution >= 4 is 15.9 Å². The second kappa shape index (κ2) is 6.59. The van der Waals surface area contributed by atoms with E-state index in [1.165, 1.54) is 0 Å². The summed E-state index contributed by atoms with van der Waals surface area (Å²) in [4.78, 5) is 0. The second-order valence-electron chi connectivity index (χ2n) is 4.65. The topological polar surface area (TPSA) is 39.7 Å². The third-order valence-electron chi connectivity index (χ3n) is 3.48. The molecule has 0 amide bonds. The number of hydrogen-bond acceptors (Lipinski definition) is 4. The minimum absolute atomic E-state index is 0.277. The van der Waals surface area contributed by atoms with E-state index in [0.717, 1.165) is 41.1 Å². The maximum atomic E-state index is 5.55. The highest BCUT2D eigenvalue weighted by atomic mass is 79.9. The Hall–Kier alpha value is -0.780. The van der Waals surface area contributed by atoms with Gasteiger partial charge in [-0.2, -0.15) is 0 Å². The Kier molecular flexibility index (Phi) is 5.07. The maximum Gasteiger partial charge on any atom is 0.161 e. The highest BCUT2D eigenvalue weighted by molar-refractivity contribution is 9.10. The third-order valence-corrected chi connectivity index (χ3v) is 4.22. The molecule has 4 nitrogen and oxygen atoms in total. The first kappa shape index (κ1) is 14.6. The van der Waals surface area contributed by atoms with Crippen molar-refractivity contribution in [2.24, 2.45) is 0 Å². The molecule has 2 rings (SSSR count). The van der Waals surface area contributed by atoms with Gasteiger partial charge in [-0.25, -0.2) is 0 Å². The predicted molar refractivity (Wildman–Crippen MR) is 77.9 cm³/mol. The van der Waals surface area contributed by atoms with Crippen LogP contribution >= 0.6 is 15.9 Å². The maximum absolute atomic E-state index is 5.55. The van der Waals surface area contributed by atoms with Crippen LogP contribution in [0, 0.1) is 0 Å². The minimum atomic E-state index is 0.277. The molecule has 1 aliphatic rings. The molecule has 0 radical (unpaired) electrons. The lowest BCUT2D eigenvalue weighted by atomic mass is 10.1. The molecule has 0 unspecified atom stereocenters. The van der Waals surface area contributed by atoms with Crippen LogP contribution in [0.15, 0.2) is 16.6 Å². The molecule has 2 atom stereocenters. The molecule has 106 valence electrons. The molecular formula is C14H20BrNO3. The zero-order valence-electron chi connectivity index (χ0n) is 11.5. The molecule has 0 saturated carbocycles. The van der Waals surface area contributed by atoms with Crippen molar-refractivity contribution in [2.75, 3.05) is 20.8 Å². The highest BCUT2D eigenvalue weighted by Gasteiger charge is 2.23. The van der Waals surface area contributed by atoms with E-state index < -0.39 is 0 Å². The van der Waals surface area contributed by atoms with Crippen LogP contribution in [0.25, 0.3) is 0 Å². The highest BCUT2D eigenvalue weighted by Crippen LogP contribution is 2.33. The van der Waals surface area contributed by atoms with E-state index in [1.807, 2.05) is 12.1 Å². The third kappa shape index (κ3) is 3.41. The summed E-state index contributed by atoms with van der Waals surface area (Å²) >= 11 is 3.57. The number of methoxy groups -OCH3 is 2. The van der Waals surface area contributed by atoms with Gasteiger partial charge in [-0.1, -0.05) is 15.9 Å². The average Bonchev–Trinajstić information content (AvgIpc) is 2.82. The van der Waals surface area contributed by atoms with Crippen molar-refractivity contribution < 1.29 is 14.2 Å². The Labute approximate surface area is 122 Å². The molecule has 1 saturated heterocycles. The van der Waals surface area contributed by atoms with E-state index in [4.69, 9.17) is 14.2 Å². The summed E-state index contributed by atoms with van der Waals surface area (Å²) < 4.78 is 17.2. The quantitative estimate of drug-likeness (QED) is 0.901. The minimum Gasteiger partial charge on any atom is -0.493 e. The van der Waals surface area contributed by atoms with Crippen LogP contribution in [-0.2, 0) is 11.3 Å². The Morgan fingerprint density at radius 2 is 2.00 bits per heavy atom. The van der Waals surface area contributed by atoms with Gasteiger partial charge >= 0.3 is 0 Å². The molecule has 5 heteroatoms. The molecule has 1 aliphatic heterocycles. The van der Waals surface area contributed by atoms with E-state index in [9.17, 15) is 0 Å². The standard InChI is InChI=1S/C14H20BrNO3/c1-9-12(4-5-19-9)16-8-10-6-13(17-2)14(18-3)7-11(10)15/h6-7,9,12,16H,4-5,8H2,1-3H3/t9-,12-/m1/s1. The Bertz CT molecular complexity index is 439. The van der Waals surface area contributed by atoms with Gasteiger partial charge in [0.15, 0.2) is 11.5 Å². The molecule has 1 N–H and O–H groups in total. The Morgan fingerprint density at radius 3 is 2.58 bits per heavy atom. The summed E-state index contributed by atoms with van der Waals surface area (Å²) in [6, 6.07) is 4.35. The summed E-state index contributed by atoms with van der Waals surface area (Å²) in [7, 11) is 3.29. The van der Waals surface area contributed by atoms with Gasteiger partial charge in [0.1, 0.15) is 0 Å². The van der Waals surface area contributed by atoms with E-state index >= 15 is 0 Å². The molecule has 19 heavy (non-hydrogen) atoms. The lowest BCUT2D eigenvalue weighted by Crippen LogP contribution is -2.34. The van der Waals surface area contributed by atoms with Gasteiger partial charge in [-0.05, 0) is 31.0 Å². The first-order valence-corrected chi connectivity index (χ1v) is 7.20. The molecule has 0 aromatic heterocycles. The molecule has 0 aliphatic carbocycles. The van der Waals surface area contributed by atoms with Crippen molar-refractivity contribution in [1.29, 1.82) is 0 Å². The molecule has 0 bridgehead atoms. The van der Waals surface area contributed by atoms with Crippen LogP contribution in [0.3, 0.4) is 0 Å². The van der Waals surface area contributed by atoms with Crippen LogP contribution in [0.1, 0.15) is 18.9 Å². The van der Waals surface area contributed by atoms with Gasteiger partial charge in [-0.15, -0.1) is 0 Å². The van der Waals surface area contributed by atoms with Crippen LogP contribution < -0.4 is 14.8 Å². The lowest BCUT2D eigenvalue weighted by Gasteiger charge is -2.17.